The third kappa shape index (κ3) is 3.64. The van der Waals surface area contributed by atoms with E-state index in [9.17, 15) is 0 Å². The van der Waals surface area contributed by atoms with Gasteiger partial charge in [-0.2, -0.15) is 0 Å². The molecule has 18 heavy (non-hydrogen) atoms. The van der Waals surface area contributed by atoms with Crippen LogP contribution < -0.4 is 4.74 Å². The maximum absolute atomic E-state index is 6.07. The summed E-state index contributed by atoms with van der Waals surface area (Å²) in [6.07, 6.45) is 0. The maximum atomic E-state index is 6.07. The van der Waals surface area contributed by atoms with Crippen molar-refractivity contribution in [2.45, 2.75) is 6.61 Å². The molecule has 0 saturated carbocycles. The molecule has 94 valence electrons. The molecule has 0 aromatic heterocycles. The molecule has 0 heterocycles. The van der Waals surface area contributed by atoms with Crippen molar-refractivity contribution in [2.75, 3.05) is 0 Å². The van der Waals surface area contributed by atoms with Crippen LogP contribution in [0.5, 0.6) is 5.75 Å². The molecular formula is C13H8Br2Cl2O. The van der Waals surface area contributed by atoms with Crippen LogP contribution in [-0.4, -0.2) is 0 Å². The Hall–Kier alpha value is -0.220. The van der Waals surface area contributed by atoms with Gasteiger partial charge in [0.25, 0.3) is 0 Å². The molecule has 0 unspecified atom stereocenters. The molecular weight excluding hydrogens is 403 g/mol. The van der Waals surface area contributed by atoms with E-state index in [0.29, 0.717) is 22.4 Å². The van der Waals surface area contributed by atoms with Crippen LogP contribution >= 0.6 is 55.1 Å². The number of halogens is 4. The number of benzene rings is 2. The van der Waals surface area contributed by atoms with Crippen LogP contribution in [-0.2, 0) is 6.61 Å². The van der Waals surface area contributed by atoms with E-state index in [4.69, 9.17) is 27.9 Å². The fourth-order valence-corrected chi connectivity index (χ4v) is 2.47. The van der Waals surface area contributed by atoms with Crippen LogP contribution in [0.4, 0.5) is 0 Å². The fraction of sp³-hybridized carbons (Fsp3) is 0.0769. The van der Waals surface area contributed by atoms with Gasteiger partial charge in [0.1, 0.15) is 12.4 Å². The van der Waals surface area contributed by atoms with Crippen LogP contribution in [0.3, 0.4) is 0 Å². The van der Waals surface area contributed by atoms with Crippen molar-refractivity contribution in [2.24, 2.45) is 0 Å². The summed E-state index contributed by atoms with van der Waals surface area (Å²) in [5.41, 5.74) is 1.06. The first-order valence-corrected chi connectivity index (χ1v) is 7.42. The summed E-state index contributed by atoms with van der Waals surface area (Å²) >= 11 is 18.8. The molecule has 0 bridgehead atoms. The Kier molecular flexibility index (Phi) is 4.96. The summed E-state index contributed by atoms with van der Waals surface area (Å²) < 4.78 is 7.44. The van der Waals surface area contributed by atoms with E-state index in [0.717, 1.165) is 14.5 Å². The van der Waals surface area contributed by atoms with Crippen molar-refractivity contribution in [3.05, 3.63) is 61.0 Å². The van der Waals surface area contributed by atoms with Gasteiger partial charge in [-0.1, -0.05) is 51.3 Å². The molecule has 1 nitrogen and oxygen atoms in total. The highest BCUT2D eigenvalue weighted by atomic mass is 79.9. The molecule has 2 rings (SSSR count). The molecule has 0 fully saturated rings. The normalized spacial score (nSPS) is 10.4. The van der Waals surface area contributed by atoms with E-state index in [1.165, 1.54) is 0 Å². The van der Waals surface area contributed by atoms with Gasteiger partial charge in [0.05, 0.1) is 10.0 Å². The Morgan fingerprint density at radius 2 is 1.61 bits per heavy atom. The zero-order valence-corrected chi connectivity index (χ0v) is 13.8. The summed E-state index contributed by atoms with van der Waals surface area (Å²) in [6, 6.07) is 11.3. The Labute approximate surface area is 132 Å². The van der Waals surface area contributed by atoms with E-state index in [1.54, 1.807) is 12.1 Å². The van der Waals surface area contributed by atoms with Gasteiger partial charge in [-0.3, -0.25) is 0 Å². The van der Waals surface area contributed by atoms with Crippen molar-refractivity contribution in [3.8, 4) is 5.75 Å². The van der Waals surface area contributed by atoms with Crippen LogP contribution in [0, 0.1) is 0 Å². The molecule has 0 aliphatic heterocycles. The summed E-state index contributed by atoms with van der Waals surface area (Å²) in [4.78, 5) is 0. The second kappa shape index (κ2) is 6.29. The van der Waals surface area contributed by atoms with Gasteiger partial charge in [-0.25, -0.2) is 0 Å². The predicted molar refractivity (Wildman–Crippen MR) is 82.6 cm³/mol. The lowest BCUT2D eigenvalue weighted by molar-refractivity contribution is 0.306. The SMILES string of the molecule is Clc1cc(OCc2ccc(Br)cc2)c(Cl)cc1Br. The summed E-state index contributed by atoms with van der Waals surface area (Å²) in [5, 5.41) is 1.11. The number of hydrogen-bond acceptors (Lipinski definition) is 1. The number of hydrogen-bond donors (Lipinski definition) is 0. The van der Waals surface area contributed by atoms with Gasteiger partial charge in [-0.05, 0) is 39.7 Å². The standard InChI is InChI=1S/C13H8Br2Cl2O/c14-9-3-1-8(2-4-9)7-18-13-6-11(16)10(15)5-12(13)17/h1-6H,7H2. The van der Waals surface area contributed by atoms with Crippen molar-refractivity contribution in [1.29, 1.82) is 0 Å². The van der Waals surface area contributed by atoms with E-state index < -0.39 is 0 Å². The summed E-state index contributed by atoms with van der Waals surface area (Å²) in [6.45, 7) is 0.449. The Morgan fingerprint density at radius 1 is 0.944 bits per heavy atom. The van der Waals surface area contributed by atoms with E-state index in [2.05, 4.69) is 31.9 Å². The zero-order chi connectivity index (χ0) is 13.1. The maximum Gasteiger partial charge on any atom is 0.139 e. The van der Waals surface area contributed by atoms with Crippen LogP contribution in [0.2, 0.25) is 10.0 Å². The molecule has 0 atom stereocenters. The fourth-order valence-electron chi connectivity index (χ4n) is 1.36. The van der Waals surface area contributed by atoms with Gasteiger partial charge >= 0.3 is 0 Å². The van der Waals surface area contributed by atoms with Crippen LogP contribution in [0.1, 0.15) is 5.56 Å². The minimum absolute atomic E-state index is 0.449. The molecule has 0 aliphatic rings. The zero-order valence-electron chi connectivity index (χ0n) is 9.09. The highest BCUT2D eigenvalue weighted by molar-refractivity contribution is 9.10. The van der Waals surface area contributed by atoms with E-state index >= 15 is 0 Å². The highest BCUT2D eigenvalue weighted by Gasteiger charge is 2.07. The molecule has 0 spiro atoms. The lowest BCUT2D eigenvalue weighted by Gasteiger charge is -2.09. The van der Waals surface area contributed by atoms with Gasteiger partial charge < -0.3 is 4.74 Å². The lowest BCUT2D eigenvalue weighted by atomic mass is 10.2. The molecule has 0 amide bonds. The average Bonchev–Trinajstić information content (AvgIpc) is 2.34. The second-order valence-electron chi connectivity index (χ2n) is 3.61. The van der Waals surface area contributed by atoms with E-state index in [-0.39, 0.29) is 0 Å². The topological polar surface area (TPSA) is 9.23 Å². The van der Waals surface area contributed by atoms with Crippen molar-refractivity contribution >= 4 is 55.1 Å². The minimum atomic E-state index is 0.449. The molecule has 0 saturated heterocycles. The Balaban J connectivity index is 2.10. The smallest absolute Gasteiger partial charge is 0.139 e. The number of ether oxygens (including phenoxy) is 1. The largest absolute Gasteiger partial charge is 0.487 e. The van der Waals surface area contributed by atoms with Crippen molar-refractivity contribution in [3.63, 3.8) is 0 Å². The van der Waals surface area contributed by atoms with Gasteiger partial charge in [-0.15, -0.1) is 0 Å². The number of rotatable bonds is 3. The quantitative estimate of drug-likeness (QED) is 0.556. The van der Waals surface area contributed by atoms with Gasteiger partial charge in [0, 0.05) is 15.0 Å². The third-order valence-electron chi connectivity index (χ3n) is 2.28. The van der Waals surface area contributed by atoms with Crippen molar-refractivity contribution < 1.29 is 4.74 Å². The summed E-state index contributed by atoms with van der Waals surface area (Å²) in [7, 11) is 0. The first kappa shape index (κ1) is 14.2. The van der Waals surface area contributed by atoms with E-state index in [1.807, 2.05) is 24.3 Å². The van der Waals surface area contributed by atoms with Gasteiger partial charge in [0.15, 0.2) is 0 Å². The Bertz CT molecular complexity index is 556. The summed E-state index contributed by atoms with van der Waals surface area (Å²) in [5.74, 6) is 0.577. The molecule has 0 N–H and O–H groups in total. The van der Waals surface area contributed by atoms with Crippen LogP contribution in [0.15, 0.2) is 45.3 Å². The van der Waals surface area contributed by atoms with Crippen molar-refractivity contribution in [1.82, 2.24) is 0 Å². The second-order valence-corrected chi connectivity index (χ2v) is 6.20. The first-order valence-electron chi connectivity index (χ1n) is 5.08. The van der Waals surface area contributed by atoms with Crippen LogP contribution in [0.25, 0.3) is 0 Å². The predicted octanol–water partition coefficient (Wildman–Crippen LogP) is 6.10. The Morgan fingerprint density at radius 3 is 2.28 bits per heavy atom. The molecule has 0 aliphatic carbocycles. The molecule has 2 aromatic rings. The third-order valence-corrected chi connectivity index (χ3v) is 4.30. The molecule has 5 heteroatoms. The lowest BCUT2D eigenvalue weighted by Crippen LogP contribution is -1.95. The molecule has 0 radical (unpaired) electrons. The average molecular weight is 411 g/mol. The minimum Gasteiger partial charge on any atom is -0.487 e. The molecule has 2 aromatic carbocycles. The monoisotopic (exact) mass is 408 g/mol. The highest BCUT2D eigenvalue weighted by Crippen LogP contribution is 2.34. The first-order chi connectivity index (χ1) is 8.56. The van der Waals surface area contributed by atoms with Gasteiger partial charge in [0.2, 0.25) is 0 Å².